The van der Waals surface area contributed by atoms with Gasteiger partial charge in [-0.1, -0.05) is 78.4 Å². The number of halogens is 5. The van der Waals surface area contributed by atoms with Crippen molar-refractivity contribution in [3.05, 3.63) is 92.9 Å². The number of Topliss-reactive ketones (excluding diaryl/α,β-unsaturated/α-hetero) is 1. The van der Waals surface area contributed by atoms with E-state index in [1.807, 2.05) is 19.1 Å². The summed E-state index contributed by atoms with van der Waals surface area (Å²) < 4.78 is 6.64. The second-order valence-corrected chi connectivity index (χ2v) is 16.0. The van der Waals surface area contributed by atoms with Crippen LogP contribution >= 0.6 is 71.0 Å². The van der Waals surface area contributed by atoms with Crippen LogP contribution in [0, 0.1) is 11.8 Å². The van der Waals surface area contributed by atoms with Gasteiger partial charge in [0.15, 0.2) is 6.10 Å². The molecule has 1 saturated heterocycles. The lowest BCUT2D eigenvalue weighted by atomic mass is 9.81. The van der Waals surface area contributed by atoms with E-state index in [0.29, 0.717) is 57.7 Å². The second kappa shape index (κ2) is 14.7. The van der Waals surface area contributed by atoms with Gasteiger partial charge in [-0.15, -0.1) is 11.6 Å². The minimum atomic E-state index is -1.11. The Kier molecular flexibility index (Phi) is 10.8. The summed E-state index contributed by atoms with van der Waals surface area (Å²) in [7, 11) is 0. The zero-order chi connectivity index (χ0) is 34.3. The molecule has 4 aromatic rings. The van der Waals surface area contributed by atoms with Crippen LogP contribution in [0.1, 0.15) is 52.5 Å². The van der Waals surface area contributed by atoms with Crippen molar-refractivity contribution in [2.75, 3.05) is 10.8 Å². The Morgan fingerprint density at radius 3 is 2.17 bits per heavy atom. The molecular weight excluding hydrogens is 851 g/mol. The molecule has 0 bridgehead atoms. The number of aryl methyl sites for hydroxylation is 1. The van der Waals surface area contributed by atoms with E-state index in [-0.39, 0.29) is 57.0 Å². The first-order chi connectivity index (χ1) is 23.0. The molecule has 3 aromatic carbocycles. The molecule has 7 nitrogen and oxygen atoms in total. The van der Waals surface area contributed by atoms with Crippen molar-refractivity contribution in [3.8, 4) is 11.3 Å². The van der Waals surface area contributed by atoms with Gasteiger partial charge in [-0.3, -0.25) is 19.3 Å². The fraction of sp³-hybridized carbons (Fsp3) is 0.306. The summed E-state index contributed by atoms with van der Waals surface area (Å²) in [5, 5.41) is 1.05. The Bertz CT molecular complexity index is 1890. The molecule has 248 valence electrons. The molecule has 6 rings (SSSR count). The molecule has 1 saturated carbocycles. The summed E-state index contributed by atoms with van der Waals surface area (Å²) in [5.74, 6) is -2.05. The summed E-state index contributed by atoms with van der Waals surface area (Å²) in [6.07, 6.45) is 0.839. The summed E-state index contributed by atoms with van der Waals surface area (Å²) in [5.41, 5.74) is 3.78. The molecule has 5 unspecified atom stereocenters. The molecule has 1 aliphatic carbocycles. The monoisotopic (exact) mass is 876 g/mol. The van der Waals surface area contributed by atoms with Crippen LogP contribution < -0.4 is 4.90 Å². The number of carbonyl (C=O) groups is 4. The maximum absolute atomic E-state index is 13.9. The van der Waals surface area contributed by atoms with Crippen LogP contribution in [0.15, 0.2) is 71.2 Å². The summed E-state index contributed by atoms with van der Waals surface area (Å²) in [6.45, 7) is 2.00. The summed E-state index contributed by atoms with van der Waals surface area (Å²) in [4.78, 5) is 60.5. The zero-order valence-electron chi connectivity index (χ0n) is 25.6. The van der Waals surface area contributed by atoms with Crippen molar-refractivity contribution in [2.45, 2.75) is 48.4 Å². The lowest BCUT2D eigenvalue weighted by Crippen LogP contribution is -2.34. The van der Waals surface area contributed by atoms with Crippen molar-refractivity contribution in [1.82, 2.24) is 4.98 Å². The van der Waals surface area contributed by atoms with E-state index in [2.05, 4.69) is 47.8 Å². The third kappa shape index (κ3) is 6.88. The molecule has 0 radical (unpaired) electrons. The number of hydrogen-bond acceptors (Lipinski definition) is 6. The Labute approximate surface area is 313 Å². The van der Waals surface area contributed by atoms with Crippen molar-refractivity contribution in [2.24, 2.45) is 11.8 Å². The molecule has 2 amide bonds. The van der Waals surface area contributed by atoms with E-state index in [1.165, 1.54) is 4.90 Å². The van der Waals surface area contributed by atoms with Crippen molar-refractivity contribution >= 4 is 111 Å². The van der Waals surface area contributed by atoms with Crippen LogP contribution in [-0.2, 0) is 20.7 Å². The highest BCUT2D eigenvalue weighted by Crippen LogP contribution is 2.44. The van der Waals surface area contributed by atoms with Crippen molar-refractivity contribution in [1.29, 1.82) is 0 Å². The van der Waals surface area contributed by atoms with Gasteiger partial charge in [0.25, 0.3) is 0 Å². The molecule has 2 fully saturated rings. The van der Waals surface area contributed by atoms with Gasteiger partial charge in [0.1, 0.15) is 0 Å². The van der Waals surface area contributed by atoms with Crippen LogP contribution in [-0.4, -0.2) is 50.2 Å². The smallest absolute Gasteiger partial charge is 0.339 e. The predicted octanol–water partition coefficient (Wildman–Crippen LogP) is 9.34. The number of anilines is 1. The van der Waals surface area contributed by atoms with Gasteiger partial charge >= 0.3 is 5.97 Å². The minimum Gasteiger partial charge on any atom is -0.450 e. The van der Waals surface area contributed by atoms with Crippen LogP contribution in [0.5, 0.6) is 0 Å². The van der Waals surface area contributed by atoms with Gasteiger partial charge < -0.3 is 4.74 Å². The van der Waals surface area contributed by atoms with E-state index >= 15 is 0 Å². The topological polar surface area (TPSA) is 93.6 Å². The number of fused-ring (bicyclic) bond motifs is 2. The van der Waals surface area contributed by atoms with Gasteiger partial charge in [-0.2, -0.15) is 0 Å². The number of aromatic nitrogens is 1. The van der Waals surface area contributed by atoms with Gasteiger partial charge in [0.2, 0.25) is 17.6 Å². The highest BCUT2D eigenvalue weighted by Gasteiger charge is 2.52. The first-order valence-corrected chi connectivity index (χ1v) is 19.0. The van der Waals surface area contributed by atoms with Crippen molar-refractivity contribution < 1.29 is 23.9 Å². The zero-order valence-corrected chi connectivity index (χ0v) is 31.9. The molecule has 0 spiro atoms. The number of nitrogens with zero attached hydrogens (tertiary/aromatic N) is 2. The first kappa shape index (κ1) is 35.2. The van der Waals surface area contributed by atoms with Crippen molar-refractivity contribution in [3.63, 3.8) is 0 Å². The molecule has 1 aromatic heterocycles. The maximum atomic E-state index is 13.9. The molecule has 5 atom stereocenters. The number of imide groups is 1. The average molecular weight is 880 g/mol. The highest BCUT2D eigenvalue weighted by atomic mass is 79.9. The predicted molar refractivity (Wildman–Crippen MR) is 199 cm³/mol. The Morgan fingerprint density at radius 2 is 1.58 bits per heavy atom. The number of ether oxygens (including phenoxy) is 1. The van der Waals surface area contributed by atoms with Gasteiger partial charge in [-0.25, -0.2) is 9.78 Å². The molecule has 48 heavy (non-hydrogen) atoms. The molecule has 12 heteroatoms. The quantitative estimate of drug-likeness (QED) is 0.0721. The number of esters is 1. The minimum absolute atomic E-state index is 0.106. The second-order valence-electron chi connectivity index (χ2n) is 11.9. The lowest BCUT2D eigenvalue weighted by molar-refractivity contribution is -0.122. The number of rotatable bonds is 9. The molecule has 1 aliphatic heterocycles. The van der Waals surface area contributed by atoms with E-state index in [4.69, 9.17) is 32.9 Å². The molecule has 2 aliphatic rings. The third-order valence-corrected chi connectivity index (χ3v) is 12.6. The first-order valence-electron chi connectivity index (χ1n) is 15.5. The number of amides is 2. The summed E-state index contributed by atoms with van der Waals surface area (Å²) in [6, 6.07) is 18.8. The fourth-order valence-electron chi connectivity index (χ4n) is 6.41. The van der Waals surface area contributed by atoms with E-state index in [1.54, 1.807) is 54.6 Å². The highest BCUT2D eigenvalue weighted by molar-refractivity contribution is 9.12. The number of carbonyl (C=O) groups excluding carboxylic acids is 4. The summed E-state index contributed by atoms with van der Waals surface area (Å²) >= 11 is 22.9. The average Bonchev–Trinajstić information content (AvgIpc) is 3.31. The number of hydrogen-bond donors (Lipinski definition) is 0. The standard InChI is InChI=1S/C36H29Br3Cl2N2O5/c1-2-18-13-21(37)14-24-27(36(47)48-31(11-12-40)33(44)20-3-7-22(41)8-4-20)17-30(42-32(18)24)19-5-9-23(10-6-19)43-34(45)25-15-28(38)29(39)16-26(25)35(43)46/h3-10,13-14,17,25-26,28-29,31H,2,11-12,15-16H2,1H3. The number of pyridine rings is 1. The Hall–Kier alpha value is -2.63. The fourth-order valence-corrected chi connectivity index (χ4v) is 8.48. The van der Waals surface area contributed by atoms with Crippen LogP contribution in [0.2, 0.25) is 5.02 Å². The molecule has 0 N–H and O–H groups in total. The van der Waals surface area contributed by atoms with Crippen LogP contribution in [0.3, 0.4) is 0 Å². The Balaban J connectivity index is 1.35. The van der Waals surface area contributed by atoms with Crippen LogP contribution in [0.4, 0.5) is 5.69 Å². The van der Waals surface area contributed by atoms with E-state index in [0.717, 1.165) is 10.0 Å². The third-order valence-electron chi connectivity index (χ3n) is 8.93. The normalized spacial score (nSPS) is 21.3. The SMILES string of the molecule is CCc1cc(Br)cc2c(C(=O)OC(CCCl)C(=O)c3ccc(Cl)cc3)cc(-c3ccc(N4C(=O)C5CC(Br)C(Br)CC5C4=O)cc3)nc12. The van der Waals surface area contributed by atoms with E-state index in [9.17, 15) is 19.2 Å². The largest absolute Gasteiger partial charge is 0.450 e. The lowest BCUT2D eigenvalue weighted by Gasteiger charge is -2.29. The number of ketones is 1. The Morgan fingerprint density at radius 1 is 0.958 bits per heavy atom. The van der Waals surface area contributed by atoms with Gasteiger partial charge in [0, 0.05) is 48.0 Å². The molecule has 2 heterocycles. The molecular formula is C36H29Br3Cl2N2O5. The van der Waals surface area contributed by atoms with Gasteiger partial charge in [0.05, 0.1) is 34.3 Å². The maximum Gasteiger partial charge on any atom is 0.339 e. The van der Waals surface area contributed by atoms with Crippen LogP contribution in [0.25, 0.3) is 22.2 Å². The van der Waals surface area contributed by atoms with E-state index < -0.39 is 12.1 Å². The number of alkyl halides is 3. The number of benzene rings is 3. The van der Waals surface area contributed by atoms with Gasteiger partial charge in [-0.05, 0) is 79.4 Å².